The summed E-state index contributed by atoms with van der Waals surface area (Å²) in [6.45, 7) is 3.52. The lowest BCUT2D eigenvalue weighted by Gasteiger charge is -2.35. The van der Waals surface area contributed by atoms with Crippen LogP contribution in [0.4, 0.5) is 5.69 Å². The number of hydrogen-bond donors (Lipinski definition) is 2. The number of nitrogens with zero attached hydrogens (tertiary/aromatic N) is 2. The number of carbonyl (C=O) groups is 2. The fraction of sp³-hybridized carbons (Fsp3) is 0.364. The Balaban J connectivity index is 1.52. The maximum absolute atomic E-state index is 12.7. The van der Waals surface area contributed by atoms with Gasteiger partial charge >= 0.3 is 0 Å². The third-order valence-electron chi connectivity index (χ3n) is 4.96. The van der Waals surface area contributed by atoms with Crippen molar-refractivity contribution in [2.45, 2.75) is 19.4 Å². The van der Waals surface area contributed by atoms with E-state index in [4.69, 9.17) is 14.7 Å². The van der Waals surface area contributed by atoms with Gasteiger partial charge in [0.2, 0.25) is 0 Å². The minimum atomic E-state index is -0.753. The summed E-state index contributed by atoms with van der Waals surface area (Å²) in [6.07, 6.45) is -0.411. The number of anilines is 1. The topological polar surface area (TPSA) is 91.3 Å². The van der Waals surface area contributed by atoms with Crippen molar-refractivity contribution in [3.63, 3.8) is 0 Å². The van der Waals surface area contributed by atoms with Crippen molar-refractivity contribution in [3.05, 3.63) is 59.7 Å². The van der Waals surface area contributed by atoms with Crippen LogP contribution < -0.4 is 15.1 Å². The van der Waals surface area contributed by atoms with E-state index in [0.717, 1.165) is 11.3 Å². The van der Waals surface area contributed by atoms with Gasteiger partial charge in [0.05, 0.1) is 24.5 Å². The first kappa shape index (κ1) is 21.6. The van der Waals surface area contributed by atoms with E-state index in [2.05, 4.69) is 0 Å². The Morgan fingerprint density at radius 3 is 2.63 bits per heavy atom. The van der Waals surface area contributed by atoms with Gasteiger partial charge in [0.15, 0.2) is 0 Å². The molecule has 1 heterocycles. The third-order valence-corrected chi connectivity index (χ3v) is 4.96. The smallest absolute Gasteiger partial charge is 0.272 e. The maximum atomic E-state index is 12.7. The zero-order valence-electron chi connectivity index (χ0n) is 17.2. The van der Waals surface area contributed by atoms with Gasteiger partial charge in [0.1, 0.15) is 18.5 Å². The molecule has 1 atom stereocenters. The monoisotopic (exact) mass is 413 g/mol. The number of fused-ring (bicyclic) bond motifs is 1. The molecule has 1 aliphatic heterocycles. The lowest BCUT2D eigenvalue weighted by atomic mass is 10.1. The molecule has 30 heavy (non-hydrogen) atoms. The van der Waals surface area contributed by atoms with Gasteiger partial charge < -0.3 is 19.3 Å². The van der Waals surface area contributed by atoms with E-state index in [9.17, 15) is 9.59 Å². The lowest BCUT2D eigenvalue weighted by Crippen LogP contribution is -2.46. The summed E-state index contributed by atoms with van der Waals surface area (Å²) >= 11 is 0. The summed E-state index contributed by atoms with van der Waals surface area (Å²) in [5.41, 5.74) is 4.15. The second-order valence-corrected chi connectivity index (χ2v) is 7.04. The van der Waals surface area contributed by atoms with Crippen LogP contribution in [-0.4, -0.2) is 61.5 Å². The minimum Gasteiger partial charge on any atom is -0.492 e. The highest BCUT2D eigenvalue weighted by molar-refractivity contribution is 6.01. The van der Waals surface area contributed by atoms with Crippen LogP contribution in [-0.2, 0) is 16.0 Å². The van der Waals surface area contributed by atoms with Crippen molar-refractivity contribution in [1.29, 1.82) is 0 Å². The summed E-state index contributed by atoms with van der Waals surface area (Å²) in [7, 11) is 1.96. The Kier molecular flexibility index (Phi) is 7.26. The fourth-order valence-corrected chi connectivity index (χ4v) is 3.44. The molecule has 160 valence electrons. The molecule has 3 rings (SSSR count). The molecule has 1 unspecified atom stereocenters. The molecule has 2 amide bonds. The molecule has 2 aromatic carbocycles. The number of hydroxylamine groups is 1. The largest absolute Gasteiger partial charge is 0.492 e. The molecule has 2 N–H and O–H groups in total. The van der Waals surface area contributed by atoms with Crippen molar-refractivity contribution >= 4 is 17.5 Å². The first-order chi connectivity index (χ1) is 14.5. The van der Waals surface area contributed by atoms with E-state index in [0.29, 0.717) is 44.2 Å². The molecule has 8 nitrogen and oxygen atoms in total. The average molecular weight is 413 g/mol. The number of para-hydroxylation sites is 1. The number of benzene rings is 2. The Labute approximate surface area is 176 Å². The predicted molar refractivity (Wildman–Crippen MR) is 112 cm³/mol. The first-order valence-corrected chi connectivity index (χ1v) is 9.90. The van der Waals surface area contributed by atoms with Gasteiger partial charge in [-0.25, -0.2) is 5.48 Å². The van der Waals surface area contributed by atoms with Crippen molar-refractivity contribution in [2.24, 2.45) is 0 Å². The number of rotatable bonds is 9. The van der Waals surface area contributed by atoms with Gasteiger partial charge in [-0.15, -0.1) is 0 Å². The Morgan fingerprint density at radius 2 is 1.93 bits per heavy atom. The van der Waals surface area contributed by atoms with Crippen molar-refractivity contribution in [1.82, 2.24) is 10.4 Å². The molecule has 0 saturated carbocycles. The van der Waals surface area contributed by atoms with Crippen LogP contribution in [0.15, 0.2) is 48.5 Å². The highest BCUT2D eigenvalue weighted by Crippen LogP contribution is 2.25. The van der Waals surface area contributed by atoms with Crippen LogP contribution in [0.5, 0.6) is 5.75 Å². The number of amides is 2. The summed E-state index contributed by atoms with van der Waals surface area (Å²) in [5.74, 6) is 0.109. The van der Waals surface area contributed by atoms with Crippen LogP contribution in [0, 0.1) is 0 Å². The number of nitrogens with one attached hydrogen (secondary N) is 1. The van der Waals surface area contributed by atoms with E-state index in [1.807, 2.05) is 60.5 Å². The van der Waals surface area contributed by atoms with Crippen LogP contribution >= 0.6 is 0 Å². The molecule has 0 aliphatic carbocycles. The average Bonchev–Trinajstić information content (AvgIpc) is 2.77. The molecule has 0 radical (unpaired) electrons. The molecule has 0 aromatic heterocycles. The SMILES string of the molecule is CCOC(Cc1ccc(OCCN2CN(C)c3ccccc3C2=O)cc1)C(=O)NO. The first-order valence-electron chi connectivity index (χ1n) is 9.90. The predicted octanol–water partition coefficient (Wildman–Crippen LogP) is 2.07. The van der Waals surface area contributed by atoms with E-state index in [1.165, 1.54) is 0 Å². The standard InChI is InChI=1S/C22H27N3O5/c1-3-29-20(21(26)23-28)14-16-8-10-17(11-9-16)30-13-12-25-15-24(2)19-7-5-4-6-18(19)22(25)27/h4-11,20,28H,3,12-15H2,1-2H3,(H,23,26). The molecule has 0 spiro atoms. The summed E-state index contributed by atoms with van der Waals surface area (Å²) in [4.78, 5) is 28.1. The highest BCUT2D eigenvalue weighted by Gasteiger charge is 2.26. The Hall–Kier alpha value is -3.10. The molecular formula is C22H27N3O5. The van der Waals surface area contributed by atoms with E-state index >= 15 is 0 Å². The van der Waals surface area contributed by atoms with E-state index in [1.54, 1.807) is 17.3 Å². The van der Waals surface area contributed by atoms with E-state index in [-0.39, 0.29) is 5.91 Å². The fourth-order valence-electron chi connectivity index (χ4n) is 3.44. The second kappa shape index (κ2) is 10.1. The molecule has 0 bridgehead atoms. The van der Waals surface area contributed by atoms with Crippen molar-refractivity contribution < 1.29 is 24.3 Å². The van der Waals surface area contributed by atoms with Crippen LogP contribution in [0.25, 0.3) is 0 Å². The molecular weight excluding hydrogens is 386 g/mol. The number of ether oxygens (including phenoxy) is 2. The quantitative estimate of drug-likeness (QED) is 0.483. The van der Waals surface area contributed by atoms with Crippen LogP contribution in [0.1, 0.15) is 22.8 Å². The van der Waals surface area contributed by atoms with Gasteiger partial charge in [0.25, 0.3) is 11.8 Å². The summed E-state index contributed by atoms with van der Waals surface area (Å²) in [6, 6.07) is 14.9. The van der Waals surface area contributed by atoms with Crippen molar-refractivity contribution in [3.8, 4) is 5.75 Å². The third kappa shape index (κ3) is 5.08. The van der Waals surface area contributed by atoms with Gasteiger partial charge in [-0.05, 0) is 36.8 Å². The maximum Gasteiger partial charge on any atom is 0.272 e. The number of carbonyl (C=O) groups excluding carboxylic acids is 2. The molecule has 0 saturated heterocycles. The summed E-state index contributed by atoms with van der Waals surface area (Å²) < 4.78 is 11.2. The zero-order chi connectivity index (χ0) is 21.5. The molecule has 1 aliphatic rings. The lowest BCUT2D eigenvalue weighted by molar-refractivity contribution is -0.141. The van der Waals surface area contributed by atoms with Gasteiger partial charge in [-0.3, -0.25) is 14.8 Å². The molecule has 0 fully saturated rings. The minimum absolute atomic E-state index is 0.00627. The molecule has 2 aromatic rings. The van der Waals surface area contributed by atoms with E-state index < -0.39 is 12.0 Å². The Bertz CT molecular complexity index is 871. The van der Waals surface area contributed by atoms with Crippen LogP contribution in [0.3, 0.4) is 0 Å². The van der Waals surface area contributed by atoms with Gasteiger partial charge in [-0.2, -0.15) is 0 Å². The molecule has 8 heteroatoms. The van der Waals surface area contributed by atoms with Crippen molar-refractivity contribution in [2.75, 3.05) is 38.4 Å². The normalized spacial score (nSPS) is 14.3. The Morgan fingerprint density at radius 1 is 1.20 bits per heavy atom. The van der Waals surface area contributed by atoms with Crippen LogP contribution in [0.2, 0.25) is 0 Å². The van der Waals surface area contributed by atoms with Gasteiger partial charge in [0, 0.05) is 20.1 Å². The summed E-state index contributed by atoms with van der Waals surface area (Å²) in [5, 5.41) is 8.82. The highest BCUT2D eigenvalue weighted by atomic mass is 16.5. The zero-order valence-corrected chi connectivity index (χ0v) is 17.2. The number of hydrogen-bond acceptors (Lipinski definition) is 6. The van der Waals surface area contributed by atoms with Gasteiger partial charge in [-0.1, -0.05) is 24.3 Å². The second-order valence-electron chi connectivity index (χ2n) is 7.04.